The van der Waals surface area contributed by atoms with E-state index >= 15 is 0 Å². The molecule has 1 aromatic carbocycles. The highest BCUT2D eigenvalue weighted by Gasteiger charge is 2.24. The summed E-state index contributed by atoms with van der Waals surface area (Å²) in [6.45, 7) is 0.677. The molecule has 3 nitrogen and oxygen atoms in total. The van der Waals surface area contributed by atoms with E-state index in [1.807, 2.05) is 42.1 Å². The van der Waals surface area contributed by atoms with Gasteiger partial charge in [-0.25, -0.2) is 4.79 Å². The number of carbonyl (C=O) groups excluding carboxylic acids is 1. The zero-order chi connectivity index (χ0) is 13.7. The molecule has 3 heteroatoms. The van der Waals surface area contributed by atoms with Crippen molar-refractivity contribution < 1.29 is 4.79 Å². The Kier molecular flexibility index (Phi) is 4.83. The third-order valence-electron chi connectivity index (χ3n) is 4.01. The van der Waals surface area contributed by atoms with Crippen molar-refractivity contribution in [3.63, 3.8) is 0 Å². The van der Waals surface area contributed by atoms with Crippen molar-refractivity contribution in [3.8, 4) is 0 Å². The van der Waals surface area contributed by atoms with E-state index in [0.717, 1.165) is 12.8 Å². The van der Waals surface area contributed by atoms with E-state index in [2.05, 4.69) is 12.1 Å². The van der Waals surface area contributed by atoms with Crippen LogP contribution in [0.4, 0.5) is 4.79 Å². The molecule has 2 amide bonds. The first-order valence-corrected chi connectivity index (χ1v) is 7.20. The molecular weight excluding hydrogens is 236 g/mol. The van der Waals surface area contributed by atoms with Gasteiger partial charge in [0.2, 0.25) is 0 Å². The molecule has 0 spiro atoms. The third-order valence-corrected chi connectivity index (χ3v) is 4.01. The average molecular weight is 260 g/mol. The van der Waals surface area contributed by atoms with Crippen LogP contribution in [0.25, 0.3) is 0 Å². The standard InChI is InChI=1S/C16H24N2O/c1-17(13-14-9-5-3-6-10-14)16(19)18(2)15-11-7-4-8-12-15/h3,5-6,9-10,15H,4,7-8,11-13H2,1-2H3. The second-order valence-electron chi connectivity index (χ2n) is 5.53. The lowest BCUT2D eigenvalue weighted by Crippen LogP contribution is -2.44. The van der Waals surface area contributed by atoms with Gasteiger partial charge in [0.15, 0.2) is 0 Å². The van der Waals surface area contributed by atoms with Gasteiger partial charge < -0.3 is 9.80 Å². The highest BCUT2D eigenvalue weighted by molar-refractivity contribution is 5.74. The normalized spacial score (nSPS) is 16.1. The lowest BCUT2D eigenvalue weighted by atomic mass is 9.95. The van der Waals surface area contributed by atoms with Crippen LogP contribution < -0.4 is 0 Å². The maximum absolute atomic E-state index is 12.4. The minimum absolute atomic E-state index is 0.135. The largest absolute Gasteiger partial charge is 0.325 e. The van der Waals surface area contributed by atoms with Crippen LogP contribution in [0.3, 0.4) is 0 Å². The second-order valence-corrected chi connectivity index (χ2v) is 5.53. The molecule has 0 heterocycles. The van der Waals surface area contributed by atoms with Crippen LogP contribution in [0.1, 0.15) is 37.7 Å². The Hall–Kier alpha value is -1.51. The predicted molar refractivity (Wildman–Crippen MR) is 77.9 cm³/mol. The van der Waals surface area contributed by atoms with Crippen LogP contribution in [0.15, 0.2) is 30.3 Å². The maximum Gasteiger partial charge on any atom is 0.320 e. The van der Waals surface area contributed by atoms with Gasteiger partial charge in [0.1, 0.15) is 0 Å². The molecule has 1 saturated carbocycles. The van der Waals surface area contributed by atoms with Crippen molar-refractivity contribution in [2.24, 2.45) is 0 Å². The maximum atomic E-state index is 12.4. The Morgan fingerprint density at radius 3 is 2.37 bits per heavy atom. The van der Waals surface area contributed by atoms with Gasteiger partial charge in [-0.3, -0.25) is 0 Å². The Bertz CT molecular complexity index is 398. The average Bonchev–Trinajstić information content (AvgIpc) is 2.47. The highest BCUT2D eigenvalue weighted by atomic mass is 16.2. The molecule has 104 valence electrons. The minimum Gasteiger partial charge on any atom is -0.325 e. The monoisotopic (exact) mass is 260 g/mol. The van der Waals surface area contributed by atoms with E-state index in [1.54, 1.807) is 0 Å². The highest BCUT2D eigenvalue weighted by Crippen LogP contribution is 2.22. The van der Waals surface area contributed by atoms with Crippen LogP contribution in [-0.4, -0.2) is 36.0 Å². The summed E-state index contributed by atoms with van der Waals surface area (Å²) in [6.07, 6.45) is 6.14. The van der Waals surface area contributed by atoms with Crippen LogP contribution in [0, 0.1) is 0 Å². The zero-order valence-corrected chi connectivity index (χ0v) is 12.0. The fourth-order valence-corrected chi connectivity index (χ4v) is 2.82. The summed E-state index contributed by atoms with van der Waals surface area (Å²) in [5, 5.41) is 0. The Morgan fingerprint density at radius 2 is 1.74 bits per heavy atom. The summed E-state index contributed by atoms with van der Waals surface area (Å²) in [5.41, 5.74) is 1.18. The molecule has 0 unspecified atom stereocenters. The van der Waals surface area contributed by atoms with Gasteiger partial charge in [-0.15, -0.1) is 0 Å². The quantitative estimate of drug-likeness (QED) is 0.816. The first-order valence-electron chi connectivity index (χ1n) is 7.20. The number of hydrogen-bond acceptors (Lipinski definition) is 1. The second kappa shape index (κ2) is 6.60. The Balaban J connectivity index is 1.90. The first-order chi connectivity index (χ1) is 9.18. The van der Waals surface area contributed by atoms with Gasteiger partial charge in [-0.05, 0) is 18.4 Å². The predicted octanol–water partition coefficient (Wildman–Crippen LogP) is 3.50. The SMILES string of the molecule is CN(Cc1ccccc1)C(=O)N(C)C1CCCCC1. The number of amides is 2. The van der Waals surface area contributed by atoms with E-state index < -0.39 is 0 Å². The summed E-state index contributed by atoms with van der Waals surface area (Å²) in [5.74, 6) is 0. The van der Waals surface area contributed by atoms with E-state index in [0.29, 0.717) is 12.6 Å². The number of nitrogens with zero attached hydrogens (tertiary/aromatic N) is 2. The molecule has 19 heavy (non-hydrogen) atoms. The molecule has 0 N–H and O–H groups in total. The van der Waals surface area contributed by atoms with Gasteiger partial charge in [0.05, 0.1) is 0 Å². The van der Waals surface area contributed by atoms with Crippen LogP contribution >= 0.6 is 0 Å². The summed E-state index contributed by atoms with van der Waals surface area (Å²) < 4.78 is 0. The first kappa shape index (κ1) is 13.9. The molecule has 1 aliphatic rings. The molecule has 0 aliphatic heterocycles. The molecule has 0 saturated heterocycles. The summed E-state index contributed by atoms with van der Waals surface area (Å²) in [6, 6.07) is 10.7. The molecule has 1 fully saturated rings. The molecule has 0 atom stereocenters. The summed E-state index contributed by atoms with van der Waals surface area (Å²) in [7, 11) is 3.83. The van der Waals surface area contributed by atoms with Crippen LogP contribution in [0.2, 0.25) is 0 Å². The van der Waals surface area contributed by atoms with Gasteiger partial charge in [-0.1, -0.05) is 49.6 Å². The zero-order valence-electron chi connectivity index (χ0n) is 12.0. The van der Waals surface area contributed by atoms with Crippen molar-refractivity contribution in [2.45, 2.75) is 44.7 Å². The van der Waals surface area contributed by atoms with Crippen molar-refractivity contribution >= 4 is 6.03 Å². The van der Waals surface area contributed by atoms with Gasteiger partial charge in [-0.2, -0.15) is 0 Å². The van der Waals surface area contributed by atoms with Gasteiger partial charge >= 0.3 is 6.03 Å². The van der Waals surface area contributed by atoms with Gasteiger partial charge in [0, 0.05) is 26.7 Å². The number of carbonyl (C=O) groups is 1. The van der Waals surface area contributed by atoms with Crippen molar-refractivity contribution in [3.05, 3.63) is 35.9 Å². The van der Waals surface area contributed by atoms with Gasteiger partial charge in [0.25, 0.3) is 0 Å². The molecule has 2 rings (SSSR count). The van der Waals surface area contributed by atoms with Crippen LogP contribution in [0.5, 0.6) is 0 Å². The topological polar surface area (TPSA) is 23.6 Å². The number of urea groups is 1. The molecule has 1 aliphatic carbocycles. The third kappa shape index (κ3) is 3.72. The lowest BCUT2D eigenvalue weighted by Gasteiger charge is -2.34. The lowest BCUT2D eigenvalue weighted by molar-refractivity contribution is 0.141. The van der Waals surface area contributed by atoms with Crippen LogP contribution in [-0.2, 0) is 6.54 Å². The number of benzene rings is 1. The smallest absolute Gasteiger partial charge is 0.320 e. The van der Waals surface area contributed by atoms with E-state index in [9.17, 15) is 4.79 Å². The number of hydrogen-bond donors (Lipinski definition) is 0. The Morgan fingerprint density at radius 1 is 1.11 bits per heavy atom. The van der Waals surface area contributed by atoms with E-state index in [4.69, 9.17) is 0 Å². The molecule has 1 aromatic rings. The minimum atomic E-state index is 0.135. The molecule has 0 radical (unpaired) electrons. The van der Waals surface area contributed by atoms with Crippen molar-refractivity contribution in [1.82, 2.24) is 9.80 Å². The fraction of sp³-hybridized carbons (Fsp3) is 0.562. The van der Waals surface area contributed by atoms with E-state index in [-0.39, 0.29) is 6.03 Å². The van der Waals surface area contributed by atoms with Crippen molar-refractivity contribution in [2.75, 3.05) is 14.1 Å². The fourth-order valence-electron chi connectivity index (χ4n) is 2.82. The van der Waals surface area contributed by atoms with Crippen molar-refractivity contribution in [1.29, 1.82) is 0 Å². The summed E-state index contributed by atoms with van der Waals surface area (Å²) in [4.78, 5) is 16.1. The number of rotatable bonds is 3. The Labute approximate surface area is 116 Å². The van der Waals surface area contributed by atoms with E-state index in [1.165, 1.54) is 24.8 Å². The molecular formula is C16H24N2O. The molecule has 0 bridgehead atoms. The summed E-state index contributed by atoms with van der Waals surface area (Å²) >= 11 is 0. The molecule has 0 aromatic heterocycles.